The summed E-state index contributed by atoms with van der Waals surface area (Å²) in [6.45, 7) is 5.27. The fraction of sp³-hybridized carbons (Fsp3) is 0.857. The van der Waals surface area contributed by atoms with E-state index < -0.39 is 0 Å². The van der Waals surface area contributed by atoms with E-state index in [4.69, 9.17) is 5.26 Å². The van der Waals surface area contributed by atoms with Gasteiger partial charge < -0.3 is 4.90 Å². The smallest absolute Gasteiger partial charge is 0.179 e. The highest BCUT2D eigenvalue weighted by Crippen LogP contribution is 2.21. The lowest BCUT2D eigenvalue weighted by Gasteiger charge is -2.15. The van der Waals surface area contributed by atoms with Gasteiger partial charge in [-0.25, -0.2) is 0 Å². The van der Waals surface area contributed by atoms with Crippen molar-refractivity contribution in [2.75, 3.05) is 6.54 Å². The van der Waals surface area contributed by atoms with Crippen molar-refractivity contribution in [3.05, 3.63) is 0 Å². The highest BCUT2D eigenvalue weighted by Gasteiger charge is 2.25. The molecule has 0 bridgehead atoms. The summed E-state index contributed by atoms with van der Waals surface area (Å²) in [6.07, 6.45) is 3.35. The molecule has 1 aliphatic rings. The molecular formula is C7H12N2. The van der Waals surface area contributed by atoms with Gasteiger partial charge in [0.25, 0.3) is 0 Å². The first kappa shape index (κ1) is 6.41. The summed E-state index contributed by atoms with van der Waals surface area (Å²) in [7, 11) is 0. The third-order valence-electron chi connectivity index (χ3n) is 2.27. The van der Waals surface area contributed by atoms with Crippen LogP contribution in [0.25, 0.3) is 0 Å². The van der Waals surface area contributed by atoms with Crippen LogP contribution in [0, 0.1) is 17.4 Å². The standard InChI is InChI=1S/C7H12N2/c1-6-3-4-9(5-8)7(6)2/h6-7H,3-4H2,1-2H3. The van der Waals surface area contributed by atoms with Gasteiger partial charge in [0.2, 0.25) is 0 Å². The van der Waals surface area contributed by atoms with Gasteiger partial charge in [-0.1, -0.05) is 6.92 Å². The highest BCUT2D eigenvalue weighted by molar-refractivity contribution is 4.88. The molecular weight excluding hydrogens is 112 g/mol. The maximum Gasteiger partial charge on any atom is 0.179 e. The minimum Gasteiger partial charge on any atom is -0.308 e. The largest absolute Gasteiger partial charge is 0.308 e. The minimum absolute atomic E-state index is 0.468. The Morgan fingerprint density at radius 1 is 1.56 bits per heavy atom. The average Bonchev–Trinajstić information content (AvgIpc) is 2.15. The molecule has 0 spiro atoms. The molecule has 0 aromatic rings. The Balaban J connectivity index is 2.54. The Hall–Kier alpha value is -0.710. The van der Waals surface area contributed by atoms with Gasteiger partial charge in [0.15, 0.2) is 6.19 Å². The Bertz CT molecular complexity index is 136. The summed E-state index contributed by atoms with van der Waals surface area (Å²) in [5, 5.41) is 8.53. The normalized spacial score (nSPS) is 34.6. The third kappa shape index (κ3) is 0.999. The number of rotatable bonds is 0. The van der Waals surface area contributed by atoms with Crippen molar-refractivity contribution >= 4 is 0 Å². The third-order valence-corrected chi connectivity index (χ3v) is 2.27. The Morgan fingerprint density at radius 3 is 2.44 bits per heavy atom. The maximum absolute atomic E-state index is 8.53. The summed E-state index contributed by atoms with van der Waals surface area (Å²) >= 11 is 0. The van der Waals surface area contributed by atoms with Gasteiger partial charge in [0.05, 0.1) is 0 Å². The van der Waals surface area contributed by atoms with Crippen LogP contribution in [0.4, 0.5) is 0 Å². The highest BCUT2D eigenvalue weighted by atomic mass is 15.2. The molecule has 0 radical (unpaired) electrons. The molecule has 0 aromatic carbocycles. The van der Waals surface area contributed by atoms with Crippen LogP contribution in [0.1, 0.15) is 20.3 Å². The quantitative estimate of drug-likeness (QED) is 0.454. The van der Waals surface area contributed by atoms with E-state index in [1.807, 2.05) is 4.90 Å². The monoisotopic (exact) mass is 124 g/mol. The lowest BCUT2D eigenvalue weighted by Crippen LogP contribution is -2.23. The summed E-state index contributed by atoms with van der Waals surface area (Å²) in [6, 6.07) is 0.468. The number of likely N-dealkylation sites (tertiary alicyclic amines) is 1. The van der Waals surface area contributed by atoms with Gasteiger partial charge in [-0.2, -0.15) is 5.26 Å². The lowest BCUT2D eigenvalue weighted by molar-refractivity contribution is 0.349. The predicted octanol–water partition coefficient (Wildman–Crippen LogP) is 1.20. The zero-order valence-corrected chi connectivity index (χ0v) is 5.96. The van der Waals surface area contributed by atoms with Crippen LogP contribution in [0.15, 0.2) is 0 Å². The zero-order chi connectivity index (χ0) is 6.85. The van der Waals surface area contributed by atoms with Gasteiger partial charge in [-0.15, -0.1) is 0 Å². The van der Waals surface area contributed by atoms with E-state index in [2.05, 4.69) is 20.0 Å². The van der Waals surface area contributed by atoms with E-state index >= 15 is 0 Å². The van der Waals surface area contributed by atoms with Crippen molar-refractivity contribution in [1.82, 2.24) is 4.90 Å². The van der Waals surface area contributed by atoms with Crippen LogP contribution < -0.4 is 0 Å². The van der Waals surface area contributed by atoms with Crippen molar-refractivity contribution in [3.8, 4) is 6.19 Å². The Kier molecular flexibility index (Phi) is 1.61. The van der Waals surface area contributed by atoms with Crippen LogP contribution in [-0.2, 0) is 0 Å². The molecule has 9 heavy (non-hydrogen) atoms. The molecule has 0 N–H and O–H groups in total. The van der Waals surface area contributed by atoms with E-state index in [0.717, 1.165) is 6.54 Å². The van der Waals surface area contributed by atoms with Crippen molar-refractivity contribution in [2.24, 2.45) is 5.92 Å². The first-order chi connectivity index (χ1) is 4.25. The average molecular weight is 124 g/mol. The number of hydrogen-bond acceptors (Lipinski definition) is 2. The van der Waals surface area contributed by atoms with Crippen LogP contribution in [-0.4, -0.2) is 17.5 Å². The maximum atomic E-state index is 8.53. The second-order valence-corrected chi connectivity index (χ2v) is 2.80. The molecule has 50 valence electrons. The first-order valence-corrected chi connectivity index (χ1v) is 3.42. The second kappa shape index (κ2) is 2.26. The number of nitriles is 1. The molecule has 1 rings (SSSR count). The van der Waals surface area contributed by atoms with Gasteiger partial charge in [0, 0.05) is 12.6 Å². The van der Waals surface area contributed by atoms with E-state index in [0.29, 0.717) is 12.0 Å². The lowest BCUT2D eigenvalue weighted by atomic mass is 10.1. The number of hydrogen-bond donors (Lipinski definition) is 0. The van der Waals surface area contributed by atoms with Crippen LogP contribution >= 0.6 is 0 Å². The van der Waals surface area contributed by atoms with Crippen molar-refractivity contribution in [2.45, 2.75) is 26.3 Å². The first-order valence-electron chi connectivity index (χ1n) is 3.42. The van der Waals surface area contributed by atoms with Crippen LogP contribution in [0.2, 0.25) is 0 Å². The van der Waals surface area contributed by atoms with E-state index in [9.17, 15) is 0 Å². The Morgan fingerprint density at radius 2 is 2.22 bits per heavy atom. The molecule has 2 unspecified atom stereocenters. The molecule has 1 fully saturated rings. The molecule has 0 aromatic heterocycles. The van der Waals surface area contributed by atoms with Crippen molar-refractivity contribution < 1.29 is 0 Å². The van der Waals surface area contributed by atoms with E-state index in [1.165, 1.54) is 6.42 Å². The van der Waals surface area contributed by atoms with E-state index in [-0.39, 0.29) is 0 Å². The minimum atomic E-state index is 0.468. The zero-order valence-electron chi connectivity index (χ0n) is 5.96. The molecule has 0 aliphatic carbocycles. The number of nitrogens with zero attached hydrogens (tertiary/aromatic N) is 2. The van der Waals surface area contributed by atoms with Crippen LogP contribution in [0.3, 0.4) is 0 Å². The molecule has 1 saturated heterocycles. The van der Waals surface area contributed by atoms with Gasteiger partial charge >= 0.3 is 0 Å². The molecule has 1 heterocycles. The molecule has 2 nitrogen and oxygen atoms in total. The molecule has 0 amide bonds. The van der Waals surface area contributed by atoms with Crippen molar-refractivity contribution in [1.29, 1.82) is 5.26 Å². The molecule has 2 heteroatoms. The molecule has 1 aliphatic heterocycles. The van der Waals surface area contributed by atoms with Crippen LogP contribution in [0.5, 0.6) is 0 Å². The molecule has 0 saturated carbocycles. The summed E-state index contributed by atoms with van der Waals surface area (Å²) in [5.74, 6) is 0.699. The van der Waals surface area contributed by atoms with Gasteiger partial charge in [-0.05, 0) is 19.3 Å². The SMILES string of the molecule is CC1CCN(C#N)C1C. The topological polar surface area (TPSA) is 27.0 Å². The summed E-state index contributed by atoms with van der Waals surface area (Å²) < 4.78 is 0. The second-order valence-electron chi connectivity index (χ2n) is 2.80. The fourth-order valence-corrected chi connectivity index (χ4v) is 1.24. The Labute approximate surface area is 56.1 Å². The van der Waals surface area contributed by atoms with E-state index in [1.54, 1.807) is 0 Å². The summed E-state index contributed by atoms with van der Waals surface area (Å²) in [5.41, 5.74) is 0. The van der Waals surface area contributed by atoms with Gasteiger partial charge in [-0.3, -0.25) is 0 Å². The fourth-order valence-electron chi connectivity index (χ4n) is 1.24. The summed E-state index contributed by atoms with van der Waals surface area (Å²) in [4.78, 5) is 1.85. The van der Waals surface area contributed by atoms with Gasteiger partial charge in [0.1, 0.15) is 0 Å². The molecule has 2 atom stereocenters. The van der Waals surface area contributed by atoms with Crippen molar-refractivity contribution in [3.63, 3.8) is 0 Å². The predicted molar refractivity (Wildman–Crippen MR) is 35.6 cm³/mol.